The monoisotopic (exact) mass is 263 g/mol. The first-order chi connectivity index (χ1) is 9.15. The zero-order valence-electron chi connectivity index (χ0n) is 13.0. The first-order valence-electron chi connectivity index (χ1n) is 7.53. The normalized spacial score (nSPS) is 12.6. The van der Waals surface area contributed by atoms with Gasteiger partial charge in [0.1, 0.15) is 0 Å². The van der Waals surface area contributed by atoms with E-state index in [2.05, 4.69) is 51.2 Å². The molecule has 0 heterocycles. The van der Waals surface area contributed by atoms with Gasteiger partial charge < -0.3 is 10.1 Å². The van der Waals surface area contributed by atoms with Crippen molar-refractivity contribution in [2.24, 2.45) is 0 Å². The largest absolute Gasteiger partial charge is 0.381 e. The molecule has 1 aromatic rings. The molecule has 0 bridgehead atoms. The average Bonchev–Trinajstić information content (AvgIpc) is 2.37. The molecule has 0 fully saturated rings. The number of unbranched alkanes of at least 4 members (excludes halogenated alkanes) is 1. The number of rotatable bonds is 9. The van der Waals surface area contributed by atoms with Gasteiger partial charge in [-0.15, -0.1) is 0 Å². The minimum absolute atomic E-state index is 0.413. The average molecular weight is 263 g/mol. The Kier molecular flexibility index (Phi) is 7.76. The van der Waals surface area contributed by atoms with Crippen molar-refractivity contribution in [3.05, 3.63) is 34.9 Å². The van der Waals surface area contributed by atoms with Crippen LogP contribution in [0.1, 0.15) is 55.8 Å². The number of hydrogen-bond donors (Lipinski definition) is 1. The lowest BCUT2D eigenvalue weighted by Gasteiger charge is -2.17. The number of hydrogen-bond acceptors (Lipinski definition) is 2. The van der Waals surface area contributed by atoms with Gasteiger partial charge in [-0.25, -0.2) is 0 Å². The maximum absolute atomic E-state index is 5.56. The van der Waals surface area contributed by atoms with Gasteiger partial charge in [0, 0.05) is 19.3 Å². The third-order valence-electron chi connectivity index (χ3n) is 3.45. The van der Waals surface area contributed by atoms with Crippen molar-refractivity contribution < 1.29 is 4.74 Å². The van der Waals surface area contributed by atoms with Crippen LogP contribution in [-0.2, 0) is 4.74 Å². The quantitative estimate of drug-likeness (QED) is 0.675. The molecule has 0 aliphatic heterocycles. The molecule has 108 valence electrons. The Hall–Kier alpha value is -0.860. The van der Waals surface area contributed by atoms with Gasteiger partial charge in [0.2, 0.25) is 0 Å². The molecule has 0 aliphatic carbocycles. The molecule has 1 N–H and O–H groups in total. The van der Waals surface area contributed by atoms with Crippen molar-refractivity contribution in [1.82, 2.24) is 5.32 Å². The Morgan fingerprint density at radius 2 is 1.89 bits per heavy atom. The Balaban J connectivity index is 2.22. The van der Waals surface area contributed by atoms with Crippen LogP contribution in [0.3, 0.4) is 0 Å². The second-order valence-electron chi connectivity index (χ2n) is 5.36. The van der Waals surface area contributed by atoms with E-state index in [4.69, 9.17) is 4.74 Å². The SMILES string of the molecule is CCCCOCCCNC(C)c1ccc(C)cc1C. The van der Waals surface area contributed by atoms with Crippen LogP contribution < -0.4 is 5.32 Å². The lowest BCUT2D eigenvalue weighted by molar-refractivity contribution is 0.128. The predicted molar refractivity (Wildman–Crippen MR) is 82.7 cm³/mol. The van der Waals surface area contributed by atoms with Gasteiger partial charge in [-0.05, 0) is 51.3 Å². The molecule has 1 rings (SSSR count). The van der Waals surface area contributed by atoms with Crippen molar-refractivity contribution in [3.8, 4) is 0 Å². The van der Waals surface area contributed by atoms with Gasteiger partial charge in [0.15, 0.2) is 0 Å². The lowest BCUT2D eigenvalue weighted by Crippen LogP contribution is -2.21. The summed E-state index contributed by atoms with van der Waals surface area (Å²) in [6.07, 6.45) is 3.47. The summed E-state index contributed by atoms with van der Waals surface area (Å²) in [5.74, 6) is 0. The molecule has 0 aromatic heterocycles. The second kappa shape index (κ2) is 9.11. The molecule has 2 nitrogen and oxygen atoms in total. The maximum Gasteiger partial charge on any atom is 0.0478 e. The standard InChI is InChI=1S/C17H29NO/c1-5-6-11-19-12-7-10-18-16(4)17-9-8-14(2)13-15(17)3/h8-9,13,16,18H,5-7,10-12H2,1-4H3. The highest BCUT2D eigenvalue weighted by Crippen LogP contribution is 2.18. The van der Waals surface area contributed by atoms with Crippen molar-refractivity contribution in [3.63, 3.8) is 0 Å². The molecule has 19 heavy (non-hydrogen) atoms. The maximum atomic E-state index is 5.56. The van der Waals surface area contributed by atoms with Gasteiger partial charge in [-0.2, -0.15) is 0 Å². The molecule has 0 amide bonds. The van der Waals surface area contributed by atoms with E-state index >= 15 is 0 Å². The van der Waals surface area contributed by atoms with Crippen LogP contribution in [0, 0.1) is 13.8 Å². The van der Waals surface area contributed by atoms with Crippen molar-refractivity contribution in [1.29, 1.82) is 0 Å². The van der Waals surface area contributed by atoms with Crippen molar-refractivity contribution in [2.75, 3.05) is 19.8 Å². The second-order valence-corrected chi connectivity index (χ2v) is 5.36. The molecular formula is C17H29NO. The summed E-state index contributed by atoms with van der Waals surface area (Å²) in [5, 5.41) is 3.57. The fourth-order valence-corrected chi connectivity index (χ4v) is 2.26. The minimum atomic E-state index is 0.413. The molecule has 2 heteroatoms. The van der Waals surface area contributed by atoms with E-state index in [0.29, 0.717) is 6.04 Å². The predicted octanol–water partition coefficient (Wildman–Crippen LogP) is 4.16. The number of aryl methyl sites for hydroxylation is 2. The van der Waals surface area contributed by atoms with Crippen LogP contribution in [0.15, 0.2) is 18.2 Å². The van der Waals surface area contributed by atoms with E-state index in [1.54, 1.807) is 0 Å². The summed E-state index contributed by atoms with van der Waals surface area (Å²) in [4.78, 5) is 0. The fraction of sp³-hybridized carbons (Fsp3) is 0.647. The summed E-state index contributed by atoms with van der Waals surface area (Å²) >= 11 is 0. The van der Waals surface area contributed by atoms with E-state index < -0.39 is 0 Å². The van der Waals surface area contributed by atoms with E-state index in [1.807, 2.05) is 0 Å². The summed E-state index contributed by atoms with van der Waals surface area (Å²) in [6.45, 7) is 11.5. The highest BCUT2D eigenvalue weighted by Gasteiger charge is 2.07. The number of ether oxygens (including phenoxy) is 1. The van der Waals surface area contributed by atoms with Crippen LogP contribution in [0.25, 0.3) is 0 Å². The van der Waals surface area contributed by atoms with E-state index in [-0.39, 0.29) is 0 Å². The Morgan fingerprint density at radius 3 is 2.58 bits per heavy atom. The molecule has 0 radical (unpaired) electrons. The summed E-state index contributed by atoms with van der Waals surface area (Å²) in [5.41, 5.74) is 4.11. The molecule has 0 aliphatic rings. The topological polar surface area (TPSA) is 21.3 Å². The Labute approximate surface area is 118 Å². The van der Waals surface area contributed by atoms with Gasteiger partial charge in [0.05, 0.1) is 0 Å². The van der Waals surface area contributed by atoms with Gasteiger partial charge >= 0.3 is 0 Å². The van der Waals surface area contributed by atoms with E-state index in [0.717, 1.165) is 26.2 Å². The first-order valence-corrected chi connectivity index (χ1v) is 7.53. The highest BCUT2D eigenvalue weighted by molar-refractivity contribution is 5.32. The highest BCUT2D eigenvalue weighted by atomic mass is 16.5. The lowest BCUT2D eigenvalue weighted by atomic mass is 10.0. The van der Waals surface area contributed by atoms with E-state index in [9.17, 15) is 0 Å². The van der Waals surface area contributed by atoms with Crippen molar-refractivity contribution in [2.45, 2.75) is 53.0 Å². The molecule has 0 saturated carbocycles. The third kappa shape index (κ3) is 6.22. The molecule has 0 spiro atoms. The van der Waals surface area contributed by atoms with Crippen LogP contribution in [0.4, 0.5) is 0 Å². The zero-order valence-corrected chi connectivity index (χ0v) is 13.0. The zero-order chi connectivity index (χ0) is 14.1. The Morgan fingerprint density at radius 1 is 1.16 bits per heavy atom. The first kappa shape index (κ1) is 16.2. The van der Waals surface area contributed by atoms with Gasteiger partial charge in [-0.1, -0.05) is 37.1 Å². The summed E-state index contributed by atoms with van der Waals surface area (Å²) in [6, 6.07) is 7.09. The number of nitrogens with one attached hydrogen (secondary N) is 1. The molecular weight excluding hydrogens is 234 g/mol. The molecule has 0 saturated heterocycles. The minimum Gasteiger partial charge on any atom is -0.381 e. The summed E-state index contributed by atoms with van der Waals surface area (Å²) in [7, 11) is 0. The van der Waals surface area contributed by atoms with Crippen LogP contribution >= 0.6 is 0 Å². The third-order valence-corrected chi connectivity index (χ3v) is 3.45. The molecule has 1 unspecified atom stereocenters. The fourth-order valence-electron chi connectivity index (χ4n) is 2.26. The Bertz CT molecular complexity index is 362. The molecule has 1 aromatic carbocycles. The van der Waals surface area contributed by atoms with Crippen LogP contribution in [-0.4, -0.2) is 19.8 Å². The smallest absolute Gasteiger partial charge is 0.0478 e. The van der Waals surface area contributed by atoms with Crippen LogP contribution in [0.2, 0.25) is 0 Å². The molecule has 1 atom stereocenters. The van der Waals surface area contributed by atoms with E-state index in [1.165, 1.54) is 29.5 Å². The summed E-state index contributed by atoms with van der Waals surface area (Å²) < 4.78 is 5.56. The van der Waals surface area contributed by atoms with Gasteiger partial charge in [-0.3, -0.25) is 0 Å². The van der Waals surface area contributed by atoms with Crippen LogP contribution in [0.5, 0.6) is 0 Å². The van der Waals surface area contributed by atoms with Gasteiger partial charge in [0.25, 0.3) is 0 Å². The number of benzene rings is 1. The van der Waals surface area contributed by atoms with Crippen molar-refractivity contribution >= 4 is 0 Å².